The van der Waals surface area contributed by atoms with Crippen molar-refractivity contribution < 1.29 is 14.4 Å². The van der Waals surface area contributed by atoms with Crippen LogP contribution in [0.15, 0.2) is 59.7 Å². The zero-order valence-electron chi connectivity index (χ0n) is 19.9. The molecular weight excluding hydrogens is 430 g/mol. The lowest BCUT2D eigenvalue weighted by Gasteiger charge is -2.41. The van der Waals surface area contributed by atoms with Gasteiger partial charge in [0, 0.05) is 27.7 Å². The summed E-state index contributed by atoms with van der Waals surface area (Å²) in [7, 11) is 0. The van der Waals surface area contributed by atoms with E-state index in [-0.39, 0.29) is 17.3 Å². The molecule has 2 amide bonds. The first kappa shape index (κ1) is 25.0. The van der Waals surface area contributed by atoms with Crippen molar-refractivity contribution in [1.82, 2.24) is 10.2 Å². The van der Waals surface area contributed by atoms with E-state index in [1.165, 1.54) is 4.90 Å². The van der Waals surface area contributed by atoms with E-state index in [1.54, 1.807) is 75.4 Å². The molecule has 1 saturated carbocycles. The molecule has 2 aromatic carbocycles. The van der Waals surface area contributed by atoms with Gasteiger partial charge >= 0.3 is 0 Å². The monoisotopic (exact) mass is 461 g/mol. The molecule has 0 bridgehead atoms. The molecule has 0 aromatic heterocycles. The quantitative estimate of drug-likeness (QED) is 0.189. The summed E-state index contributed by atoms with van der Waals surface area (Å²) in [5.74, 6) is -1.89. The average molecular weight is 462 g/mol. The SMILES string of the molecule is CC(C)(C)N(C(=O)C(=O)c1ccccc1)C(C(=O)NC1CCCCC1)c1ccccc1N=[N+]=[N-]. The third-order valence-electron chi connectivity index (χ3n) is 6.01. The van der Waals surface area contributed by atoms with E-state index in [9.17, 15) is 14.4 Å². The van der Waals surface area contributed by atoms with E-state index < -0.39 is 29.2 Å². The standard InChI is InChI=1S/C26H31N5O3/c1-26(2,3)31(25(34)23(32)18-12-6-4-7-13-18)22(20-16-10-11-17-21(20)29-30-27)24(33)28-19-14-8-5-9-15-19/h4,6-7,10-13,16-17,19,22H,5,8-9,14-15H2,1-3H3,(H,28,33). The van der Waals surface area contributed by atoms with Crippen molar-refractivity contribution in [2.24, 2.45) is 5.11 Å². The van der Waals surface area contributed by atoms with Crippen molar-refractivity contribution in [3.63, 3.8) is 0 Å². The van der Waals surface area contributed by atoms with Gasteiger partial charge in [-0.1, -0.05) is 79.0 Å². The molecule has 1 N–H and O–H groups in total. The number of carbonyl (C=O) groups excluding carboxylic acids is 3. The van der Waals surface area contributed by atoms with Crippen LogP contribution in [0.2, 0.25) is 0 Å². The largest absolute Gasteiger partial charge is 0.351 e. The van der Waals surface area contributed by atoms with E-state index >= 15 is 0 Å². The van der Waals surface area contributed by atoms with Gasteiger partial charge in [0.15, 0.2) is 0 Å². The fraction of sp³-hybridized carbons (Fsp3) is 0.423. The summed E-state index contributed by atoms with van der Waals surface area (Å²) in [5.41, 5.74) is 9.06. The number of nitrogens with zero attached hydrogens (tertiary/aromatic N) is 4. The summed E-state index contributed by atoms with van der Waals surface area (Å²) in [4.78, 5) is 44.8. The minimum absolute atomic E-state index is 0.00266. The zero-order valence-corrected chi connectivity index (χ0v) is 19.9. The summed E-state index contributed by atoms with van der Waals surface area (Å²) < 4.78 is 0. The number of benzene rings is 2. The van der Waals surface area contributed by atoms with Crippen molar-refractivity contribution in [3.05, 3.63) is 76.2 Å². The van der Waals surface area contributed by atoms with Gasteiger partial charge in [-0.05, 0) is 44.7 Å². The highest BCUT2D eigenvalue weighted by atomic mass is 16.2. The second-order valence-electron chi connectivity index (χ2n) is 9.54. The molecule has 1 unspecified atom stereocenters. The molecule has 0 radical (unpaired) electrons. The smallest absolute Gasteiger partial charge is 0.296 e. The Morgan fingerprint density at radius 2 is 1.62 bits per heavy atom. The maximum absolute atomic E-state index is 13.8. The highest BCUT2D eigenvalue weighted by Crippen LogP contribution is 2.35. The first-order chi connectivity index (χ1) is 16.2. The van der Waals surface area contributed by atoms with Gasteiger partial charge in [0.2, 0.25) is 11.7 Å². The number of azide groups is 1. The number of nitrogens with one attached hydrogen (secondary N) is 1. The Morgan fingerprint density at radius 1 is 1.00 bits per heavy atom. The van der Waals surface area contributed by atoms with Crippen LogP contribution < -0.4 is 5.32 Å². The number of carbonyl (C=O) groups is 3. The van der Waals surface area contributed by atoms with Crippen LogP contribution >= 0.6 is 0 Å². The van der Waals surface area contributed by atoms with Gasteiger partial charge in [0.25, 0.3) is 5.91 Å². The molecular formula is C26H31N5O3. The Kier molecular flexibility index (Phi) is 8.08. The van der Waals surface area contributed by atoms with Crippen LogP contribution in [0, 0.1) is 0 Å². The summed E-state index contributed by atoms with van der Waals surface area (Å²) >= 11 is 0. The highest BCUT2D eigenvalue weighted by molar-refractivity contribution is 6.43. The van der Waals surface area contributed by atoms with Crippen LogP contribution in [-0.2, 0) is 9.59 Å². The number of hydrogen-bond acceptors (Lipinski definition) is 4. The maximum atomic E-state index is 13.8. The third-order valence-corrected chi connectivity index (χ3v) is 6.01. The Morgan fingerprint density at radius 3 is 2.24 bits per heavy atom. The Bertz CT molecular complexity index is 1080. The minimum Gasteiger partial charge on any atom is -0.351 e. The summed E-state index contributed by atoms with van der Waals surface area (Å²) in [6, 6.07) is 13.8. The molecule has 8 heteroatoms. The maximum Gasteiger partial charge on any atom is 0.296 e. The van der Waals surface area contributed by atoms with Crippen molar-refractivity contribution in [2.75, 3.05) is 0 Å². The van der Waals surface area contributed by atoms with Crippen molar-refractivity contribution in [2.45, 2.75) is 70.5 Å². The molecule has 0 saturated heterocycles. The van der Waals surface area contributed by atoms with Crippen LogP contribution in [0.3, 0.4) is 0 Å². The first-order valence-electron chi connectivity index (χ1n) is 11.6. The fourth-order valence-corrected chi connectivity index (χ4v) is 4.41. The van der Waals surface area contributed by atoms with Gasteiger partial charge in [-0.25, -0.2) is 0 Å². The minimum atomic E-state index is -1.15. The predicted molar refractivity (Wildman–Crippen MR) is 130 cm³/mol. The fourth-order valence-electron chi connectivity index (χ4n) is 4.41. The Labute approximate surface area is 200 Å². The second kappa shape index (κ2) is 11.0. The lowest BCUT2D eigenvalue weighted by molar-refractivity contribution is -0.143. The van der Waals surface area contributed by atoms with Crippen molar-refractivity contribution in [3.8, 4) is 0 Å². The average Bonchev–Trinajstić information content (AvgIpc) is 2.82. The molecule has 0 heterocycles. The van der Waals surface area contributed by atoms with Crippen molar-refractivity contribution >= 4 is 23.3 Å². The van der Waals surface area contributed by atoms with E-state index in [2.05, 4.69) is 15.3 Å². The van der Waals surface area contributed by atoms with E-state index in [0.717, 1.165) is 32.1 Å². The Hall–Kier alpha value is -3.64. The van der Waals surface area contributed by atoms with Crippen LogP contribution in [0.5, 0.6) is 0 Å². The predicted octanol–water partition coefficient (Wildman–Crippen LogP) is 5.63. The molecule has 8 nitrogen and oxygen atoms in total. The molecule has 3 rings (SSSR count). The zero-order chi connectivity index (χ0) is 24.7. The molecule has 1 aliphatic carbocycles. The van der Waals surface area contributed by atoms with Gasteiger partial charge < -0.3 is 10.2 Å². The van der Waals surface area contributed by atoms with Gasteiger partial charge in [0.1, 0.15) is 6.04 Å². The van der Waals surface area contributed by atoms with E-state index in [0.29, 0.717) is 5.56 Å². The van der Waals surface area contributed by atoms with Crippen LogP contribution in [0.1, 0.15) is 74.8 Å². The van der Waals surface area contributed by atoms with Gasteiger partial charge in [-0.3, -0.25) is 14.4 Å². The summed E-state index contributed by atoms with van der Waals surface area (Å²) in [6.45, 7) is 5.33. The molecule has 0 spiro atoms. The molecule has 178 valence electrons. The summed E-state index contributed by atoms with van der Waals surface area (Å²) in [6.07, 6.45) is 4.91. The van der Waals surface area contributed by atoms with Crippen molar-refractivity contribution in [1.29, 1.82) is 0 Å². The highest BCUT2D eigenvalue weighted by Gasteiger charge is 2.42. The Balaban J connectivity index is 2.10. The molecule has 1 fully saturated rings. The molecule has 1 aliphatic rings. The molecule has 1 atom stereocenters. The van der Waals surface area contributed by atoms with Crippen LogP contribution in [0.4, 0.5) is 5.69 Å². The number of amides is 2. The van der Waals surface area contributed by atoms with Gasteiger partial charge in [-0.2, -0.15) is 0 Å². The van der Waals surface area contributed by atoms with Crippen LogP contribution in [0.25, 0.3) is 10.4 Å². The lowest BCUT2D eigenvalue weighted by atomic mass is 9.92. The number of hydrogen-bond donors (Lipinski definition) is 1. The summed E-state index contributed by atoms with van der Waals surface area (Å²) in [5, 5.41) is 6.86. The lowest BCUT2D eigenvalue weighted by Crippen LogP contribution is -2.55. The second-order valence-corrected chi connectivity index (χ2v) is 9.54. The van der Waals surface area contributed by atoms with E-state index in [4.69, 9.17) is 5.53 Å². The molecule has 0 aliphatic heterocycles. The first-order valence-corrected chi connectivity index (χ1v) is 11.6. The molecule has 34 heavy (non-hydrogen) atoms. The topological polar surface area (TPSA) is 115 Å². The number of Topliss-reactive ketones (excluding diaryl/α,β-unsaturated/α-hetero) is 1. The number of rotatable bonds is 7. The molecule has 2 aromatic rings. The van der Waals surface area contributed by atoms with Gasteiger partial charge in [-0.15, -0.1) is 0 Å². The third kappa shape index (κ3) is 5.83. The van der Waals surface area contributed by atoms with Gasteiger partial charge in [0.05, 0.1) is 0 Å². The normalized spacial score (nSPS) is 15.0. The number of ketones is 1. The van der Waals surface area contributed by atoms with Crippen LogP contribution in [-0.4, -0.2) is 34.1 Å². The van der Waals surface area contributed by atoms with E-state index in [1.807, 2.05) is 0 Å².